The van der Waals surface area contributed by atoms with E-state index in [-0.39, 0.29) is 18.1 Å². The predicted octanol–water partition coefficient (Wildman–Crippen LogP) is 4.03. The summed E-state index contributed by atoms with van der Waals surface area (Å²) in [4.78, 5) is 24.5. The molecule has 1 aliphatic heterocycles. The van der Waals surface area contributed by atoms with Crippen molar-refractivity contribution in [1.29, 1.82) is 0 Å². The van der Waals surface area contributed by atoms with Crippen LogP contribution in [-0.4, -0.2) is 31.1 Å². The van der Waals surface area contributed by atoms with E-state index >= 15 is 0 Å². The maximum Gasteiger partial charge on any atom is 0.347 e. The molecule has 6 nitrogen and oxygen atoms in total. The average Bonchev–Trinajstić information content (AvgIpc) is 2.99. The summed E-state index contributed by atoms with van der Waals surface area (Å²) in [5, 5.41) is 0. The highest BCUT2D eigenvalue weighted by Crippen LogP contribution is 2.35. The monoisotopic (exact) mass is 382 g/mol. The molecule has 0 fully saturated rings. The van der Waals surface area contributed by atoms with Gasteiger partial charge < -0.3 is 18.9 Å². The number of carbonyl (C=O) groups is 2. The van der Waals surface area contributed by atoms with Gasteiger partial charge in [-0.15, -0.1) is 0 Å². The van der Waals surface area contributed by atoms with Crippen molar-refractivity contribution in [2.45, 2.75) is 26.9 Å². The third-order valence-corrected chi connectivity index (χ3v) is 4.08. The minimum Gasteiger partial charge on any atom is -0.494 e. The standard InChI is InChI=1S/C22H22O6/c1-4-25-16-10-11-17-19(13-16)28-20(21(17)23)12-15-8-6-7-9-18(15)27-14(3)22(24)26-5-2/h6-14H,4-5H2,1-3H3/b20-12-/t14-/m0/s1. The third-order valence-electron chi connectivity index (χ3n) is 4.08. The Morgan fingerprint density at radius 1 is 1.14 bits per heavy atom. The van der Waals surface area contributed by atoms with E-state index in [0.29, 0.717) is 35.0 Å². The van der Waals surface area contributed by atoms with Crippen LogP contribution in [0.25, 0.3) is 6.08 Å². The van der Waals surface area contributed by atoms with Gasteiger partial charge in [-0.3, -0.25) is 4.79 Å². The molecule has 3 rings (SSSR count). The third kappa shape index (κ3) is 4.17. The second kappa shape index (κ2) is 8.61. The average molecular weight is 382 g/mol. The van der Waals surface area contributed by atoms with Gasteiger partial charge in [0.25, 0.3) is 0 Å². The van der Waals surface area contributed by atoms with E-state index in [9.17, 15) is 9.59 Å². The highest BCUT2D eigenvalue weighted by Gasteiger charge is 2.28. The zero-order valence-electron chi connectivity index (χ0n) is 16.1. The largest absolute Gasteiger partial charge is 0.494 e. The molecule has 2 aromatic carbocycles. The van der Waals surface area contributed by atoms with Crippen LogP contribution < -0.4 is 14.2 Å². The number of Topliss-reactive ketones (excluding diaryl/α,β-unsaturated/α-hetero) is 1. The van der Waals surface area contributed by atoms with Crippen molar-refractivity contribution in [3.63, 3.8) is 0 Å². The van der Waals surface area contributed by atoms with Crippen LogP contribution in [-0.2, 0) is 9.53 Å². The second-order valence-corrected chi connectivity index (χ2v) is 6.08. The lowest BCUT2D eigenvalue weighted by molar-refractivity contribution is -0.150. The van der Waals surface area contributed by atoms with Gasteiger partial charge in [0.1, 0.15) is 17.2 Å². The molecule has 6 heteroatoms. The van der Waals surface area contributed by atoms with Crippen LogP contribution in [0.3, 0.4) is 0 Å². The quantitative estimate of drug-likeness (QED) is 0.532. The molecule has 0 saturated heterocycles. The Morgan fingerprint density at radius 2 is 1.93 bits per heavy atom. The van der Waals surface area contributed by atoms with Crippen molar-refractivity contribution in [2.24, 2.45) is 0 Å². The fourth-order valence-corrected chi connectivity index (χ4v) is 2.77. The molecule has 1 atom stereocenters. The maximum absolute atomic E-state index is 12.6. The lowest BCUT2D eigenvalue weighted by atomic mass is 10.1. The summed E-state index contributed by atoms with van der Waals surface area (Å²) in [6.07, 6.45) is 0.834. The first-order valence-corrected chi connectivity index (χ1v) is 9.16. The molecule has 0 aromatic heterocycles. The van der Waals surface area contributed by atoms with Crippen molar-refractivity contribution in [3.05, 3.63) is 59.4 Å². The predicted molar refractivity (Wildman–Crippen MR) is 104 cm³/mol. The van der Waals surface area contributed by atoms with Gasteiger partial charge in [0.2, 0.25) is 5.78 Å². The van der Waals surface area contributed by atoms with E-state index in [1.54, 1.807) is 56.3 Å². The highest BCUT2D eigenvalue weighted by molar-refractivity contribution is 6.14. The van der Waals surface area contributed by atoms with Crippen LogP contribution in [0.1, 0.15) is 36.7 Å². The molecule has 0 spiro atoms. The first-order chi connectivity index (χ1) is 13.5. The Balaban J connectivity index is 1.84. The van der Waals surface area contributed by atoms with Crippen LogP contribution in [0.4, 0.5) is 0 Å². The zero-order chi connectivity index (χ0) is 20.1. The van der Waals surface area contributed by atoms with Gasteiger partial charge in [-0.05, 0) is 45.0 Å². The molecule has 0 saturated carbocycles. The minimum absolute atomic E-state index is 0.184. The number of ether oxygens (including phenoxy) is 4. The number of hydrogen-bond donors (Lipinski definition) is 0. The molecule has 0 aliphatic carbocycles. The number of carbonyl (C=O) groups excluding carboxylic acids is 2. The number of fused-ring (bicyclic) bond motifs is 1. The normalized spacial score (nSPS) is 15.0. The summed E-state index contributed by atoms with van der Waals surface area (Å²) < 4.78 is 21.9. The molecule has 0 N–H and O–H groups in total. The van der Waals surface area contributed by atoms with Gasteiger partial charge >= 0.3 is 5.97 Å². The number of ketones is 1. The molecule has 1 heterocycles. The number of esters is 1. The number of hydrogen-bond acceptors (Lipinski definition) is 6. The van der Waals surface area contributed by atoms with Crippen molar-refractivity contribution in [3.8, 4) is 17.2 Å². The van der Waals surface area contributed by atoms with Crippen LogP contribution >= 0.6 is 0 Å². The van der Waals surface area contributed by atoms with Gasteiger partial charge in [0.15, 0.2) is 11.9 Å². The van der Waals surface area contributed by atoms with Gasteiger partial charge in [0, 0.05) is 11.6 Å². The van der Waals surface area contributed by atoms with E-state index in [0.717, 1.165) is 0 Å². The summed E-state index contributed by atoms with van der Waals surface area (Å²) in [5.74, 6) is 1.07. The second-order valence-electron chi connectivity index (χ2n) is 6.08. The van der Waals surface area contributed by atoms with E-state index in [4.69, 9.17) is 18.9 Å². The molecule has 0 unspecified atom stereocenters. The molecule has 2 aromatic rings. The molecule has 0 bridgehead atoms. The van der Waals surface area contributed by atoms with Crippen LogP contribution in [0, 0.1) is 0 Å². The Morgan fingerprint density at radius 3 is 2.68 bits per heavy atom. The lowest BCUT2D eigenvalue weighted by Gasteiger charge is -2.15. The fraction of sp³-hybridized carbons (Fsp3) is 0.273. The molecule has 0 amide bonds. The fourth-order valence-electron chi connectivity index (χ4n) is 2.77. The molecule has 0 radical (unpaired) electrons. The summed E-state index contributed by atoms with van der Waals surface area (Å²) in [5.41, 5.74) is 1.10. The molecule has 146 valence electrons. The van der Waals surface area contributed by atoms with Crippen LogP contribution in [0.5, 0.6) is 17.2 Å². The van der Waals surface area contributed by atoms with E-state index < -0.39 is 12.1 Å². The van der Waals surface area contributed by atoms with Crippen LogP contribution in [0.2, 0.25) is 0 Å². The highest BCUT2D eigenvalue weighted by atomic mass is 16.6. The van der Waals surface area contributed by atoms with E-state index in [1.165, 1.54) is 0 Å². The van der Waals surface area contributed by atoms with E-state index in [2.05, 4.69) is 0 Å². The zero-order valence-corrected chi connectivity index (χ0v) is 16.1. The smallest absolute Gasteiger partial charge is 0.347 e. The lowest BCUT2D eigenvalue weighted by Crippen LogP contribution is -2.26. The molecule has 28 heavy (non-hydrogen) atoms. The number of benzene rings is 2. The SMILES string of the molecule is CCOC(=O)[C@H](C)Oc1ccccc1/C=C1\Oc2cc(OCC)ccc2C1=O. The summed E-state index contributed by atoms with van der Waals surface area (Å²) in [6.45, 7) is 6.05. The van der Waals surface area contributed by atoms with Crippen molar-refractivity contribution < 1.29 is 28.5 Å². The van der Waals surface area contributed by atoms with Gasteiger partial charge in [-0.2, -0.15) is 0 Å². The van der Waals surface area contributed by atoms with Crippen molar-refractivity contribution >= 4 is 17.8 Å². The Hall–Kier alpha value is -3.28. The minimum atomic E-state index is -0.773. The van der Waals surface area contributed by atoms with Crippen LogP contribution in [0.15, 0.2) is 48.2 Å². The summed E-state index contributed by atoms with van der Waals surface area (Å²) in [7, 11) is 0. The summed E-state index contributed by atoms with van der Waals surface area (Å²) in [6, 6.07) is 12.2. The first-order valence-electron chi connectivity index (χ1n) is 9.16. The van der Waals surface area contributed by atoms with Gasteiger partial charge in [-0.1, -0.05) is 18.2 Å². The topological polar surface area (TPSA) is 71.1 Å². The number of allylic oxidation sites excluding steroid dienone is 1. The number of rotatable bonds is 7. The molecular weight excluding hydrogens is 360 g/mol. The first kappa shape index (κ1) is 19.5. The van der Waals surface area contributed by atoms with Gasteiger partial charge in [-0.25, -0.2) is 4.79 Å². The molecular formula is C22H22O6. The molecule has 1 aliphatic rings. The Labute approximate surface area is 163 Å². The Kier molecular flexibility index (Phi) is 5.99. The summed E-state index contributed by atoms with van der Waals surface area (Å²) >= 11 is 0. The van der Waals surface area contributed by atoms with Gasteiger partial charge in [0.05, 0.1) is 18.8 Å². The maximum atomic E-state index is 12.6. The van der Waals surface area contributed by atoms with Crippen molar-refractivity contribution in [2.75, 3.05) is 13.2 Å². The van der Waals surface area contributed by atoms with E-state index in [1.807, 2.05) is 13.0 Å². The Bertz CT molecular complexity index is 915. The van der Waals surface area contributed by atoms with Crippen molar-refractivity contribution in [1.82, 2.24) is 0 Å². The number of para-hydroxylation sites is 1.